The summed E-state index contributed by atoms with van der Waals surface area (Å²) in [6.07, 6.45) is 0. The van der Waals surface area contributed by atoms with E-state index in [0.717, 1.165) is 22.4 Å². The molecule has 0 aliphatic rings. The molecule has 76 valence electrons. The number of aryl methyl sites for hydroxylation is 1. The summed E-state index contributed by atoms with van der Waals surface area (Å²) in [6, 6.07) is 3.84. The first-order chi connectivity index (χ1) is 6.57. The predicted octanol–water partition coefficient (Wildman–Crippen LogP) is 2.90. The summed E-state index contributed by atoms with van der Waals surface area (Å²) in [5.74, 6) is 0.907. The number of carbonyl (C=O) groups is 1. The fourth-order valence-electron chi connectivity index (χ4n) is 1.68. The average Bonchev–Trinajstić information content (AvgIpc) is 2.10. The van der Waals surface area contributed by atoms with E-state index >= 15 is 0 Å². The molecule has 1 aromatic rings. The van der Waals surface area contributed by atoms with Crippen molar-refractivity contribution >= 4 is 5.78 Å². The van der Waals surface area contributed by atoms with Gasteiger partial charge in [0.05, 0.1) is 6.61 Å². The lowest BCUT2D eigenvalue weighted by atomic mass is 9.99. The van der Waals surface area contributed by atoms with E-state index in [-0.39, 0.29) is 5.78 Å². The van der Waals surface area contributed by atoms with E-state index in [1.807, 2.05) is 32.9 Å². The number of Topliss-reactive ketones (excluding diaryl/α,β-unsaturated/α-hetero) is 1. The van der Waals surface area contributed by atoms with Crippen LogP contribution >= 0.6 is 0 Å². The summed E-state index contributed by atoms with van der Waals surface area (Å²) >= 11 is 0. The van der Waals surface area contributed by atoms with Crippen molar-refractivity contribution in [3.8, 4) is 5.75 Å². The molecule has 1 rings (SSSR count). The Kier molecular flexibility index (Phi) is 3.28. The quantitative estimate of drug-likeness (QED) is 0.688. The van der Waals surface area contributed by atoms with Crippen molar-refractivity contribution in [2.45, 2.75) is 27.7 Å². The normalized spacial score (nSPS) is 10.0. The summed E-state index contributed by atoms with van der Waals surface area (Å²) in [6.45, 7) is 8.02. The van der Waals surface area contributed by atoms with Gasteiger partial charge in [-0.25, -0.2) is 0 Å². The van der Waals surface area contributed by atoms with Gasteiger partial charge < -0.3 is 4.74 Å². The third-order valence-corrected chi connectivity index (χ3v) is 2.28. The molecule has 0 radical (unpaired) electrons. The molecule has 0 saturated carbocycles. The van der Waals surface area contributed by atoms with Crippen molar-refractivity contribution in [2.24, 2.45) is 0 Å². The van der Waals surface area contributed by atoms with Crippen molar-refractivity contribution < 1.29 is 9.53 Å². The van der Waals surface area contributed by atoms with Crippen molar-refractivity contribution in [3.05, 3.63) is 28.8 Å². The zero-order valence-electron chi connectivity index (χ0n) is 9.18. The van der Waals surface area contributed by atoms with E-state index < -0.39 is 0 Å². The first-order valence-corrected chi connectivity index (χ1v) is 4.81. The summed E-state index contributed by atoms with van der Waals surface area (Å²) in [5.41, 5.74) is 2.74. The summed E-state index contributed by atoms with van der Waals surface area (Å²) in [4.78, 5) is 11.4. The lowest BCUT2D eigenvalue weighted by Crippen LogP contribution is -2.03. The molecular weight excluding hydrogens is 176 g/mol. The van der Waals surface area contributed by atoms with Gasteiger partial charge in [-0.1, -0.05) is 6.07 Å². The van der Waals surface area contributed by atoms with Crippen molar-refractivity contribution in [2.75, 3.05) is 6.61 Å². The lowest BCUT2D eigenvalue weighted by molar-refractivity contribution is 0.101. The molecule has 1 aromatic carbocycles. The Hall–Kier alpha value is -1.31. The molecule has 0 atom stereocenters. The summed E-state index contributed by atoms with van der Waals surface area (Å²) in [5, 5.41) is 0. The van der Waals surface area contributed by atoms with Crippen LogP contribution in [-0.2, 0) is 0 Å². The van der Waals surface area contributed by atoms with Gasteiger partial charge in [-0.2, -0.15) is 0 Å². The van der Waals surface area contributed by atoms with Crippen LogP contribution in [0.25, 0.3) is 0 Å². The summed E-state index contributed by atoms with van der Waals surface area (Å²) < 4.78 is 5.43. The van der Waals surface area contributed by atoms with Gasteiger partial charge in [-0.3, -0.25) is 4.79 Å². The molecule has 0 spiro atoms. The standard InChI is InChI=1S/C12H16O2/c1-5-14-11-7-6-8(2)12(9(11)3)10(4)13/h6-7H,5H2,1-4H3. The number of hydrogen-bond acceptors (Lipinski definition) is 2. The number of ketones is 1. The molecule has 0 amide bonds. The van der Waals surface area contributed by atoms with Gasteiger partial charge in [0, 0.05) is 11.1 Å². The Balaban J connectivity index is 3.26. The maximum Gasteiger partial charge on any atom is 0.160 e. The predicted molar refractivity (Wildman–Crippen MR) is 57.1 cm³/mol. The second kappa shape index (κ2) is 4.27. The first-order valence-electron chi connectivity index (χ1n) is 4.81. The molecule has 0 heterocycles. The number of rotatable bonds is 3. The number of carbonyl (C=O) groups excluding carboxylic acids is 1. The van der Waals surface area contributed by atoms with Gasteiger partial charge in [-0.15, -0.1) is 0 Å². The van der Waals surface area contributed by atoms with Crippen LogP contribution < -0.4 is 4.74 Å². The van der Waals surface area contributed by atoms with Crippen LogP contribution in [0.15, 0.2) is 12.1 Å². The van der Waals surface area contributed by atoms with Crippen LogP contribution in [0.2, 0.25) is 0 Å². The number of benzene rings is 1. The molecular formula is C12H16O2. The Morgan fingerprint density at radius 2 is 2.00 bits per heavy atom. The molecule has 0 N–H and O–H groups in total. The molecule has 2 nitrogen and oxygen atoms in total. The largest absolute Gasteiger partial charge is 0.494 e. The molecule has 0 unspecified atom stereocenters. The molecule has 14 heavy (non-hydrogen) atoms. The summed E-state index contributed by atoms with van der Waals surface area (Å²) in [7, 11) is 0. The van der Waals surface area contributed by atoms with Crippen LogP contribution in [0.3, 0.4) is 0 Å². The van der Waals surface area contributed by atoms with Gasteiger partial charge in [-0.05, 0) is 39.3 Å². The Morgan fingerprint density at radius 3 is 2.50 bits per heavy atom. The van der Waals surface area contributed by atoms with Gasteiger partial charge in [0.2, 0.25) is 0 Å². The molecule has 0 fully saturated rings. The highest BCUT2D eigenvalue weighted by atomic mass is 16.5. The zero-order valence-corrected chi connectivity index (χ0v) is 9.18. The SMILES string of the molecule is CCOc1ccc(C)c(C(C)=O)c1C. The van der Waals surface area contributed by atoms with E-state index in [1.165, 1.54) is 0 Å². The van der Waals surface area contributed by atoms with E-state index in [9.17, 15) is 4.79 Å². The number of ether oxygens (including phenoxy) is 1. The van der Waals surface area contributed by atoms with Gasteiger partial charge in [0.15, 0.2) is 5.78 Å². The van der Waals surface area contributed by atoms with Crippen LogP contribution in [-0.4, -0.2) is 12.4 Å². The highest BCUT2D eigenvalue weighted by Gasteiger charge is 2.11. The third kappa shape index (κ3) is 1.95. The molecule has 0 aromatic heterocycles. The van der Waals surface area contributed by atoms with Crippen LogP contribution in [0.1, 0.15) is 35.3 Å². The highest BCUT2D eigenvalue weighted by molar-refractivity contribution is 5.97. The van der Waals surface area contributed by atoms with Gasteiger partial charge in [0.1, 0.15) is 5.75 Å². The Morgan fingerprint density at radius 1 is 1.36 bits per heavy atom. The van der Waals surface area contributed by atoms with E-state index in [0.29, 0.717) is 6.61 Å². The van der Waals surface area contributed by atoms with Crippen molar-refractivity contribution in [3.63, 3.8) is 0 Å². The first kappa shape index (κ1) is 10.8. The minimum Gasteiger partial charge on any atom is -0.494 e. The smallest absolute Gasteiger partial charge is 0.160 e. The minimum atomic E-state index is 0.0987. The minimum absolute atomic E-state index is 0.0987. The average molecular weight is 192 g/mol. The third-order valence-electron chi connectivity index (χ3n) is 2.28. The van der Waals surface area contributed by atoms with Crippen molar-refractivity contribution in [1.29, 1.82) is 0 Å². The van der Waals surface area contributed by atoms with E-state index in [1.54, 1.807) is 6.92 Å². The molecule has 2 heteroatoms. The van der Waals surface area contributed by atoms with Gasteiger partial charge >= 0.3 is 0 Å². The van der Waals surface area contributed by atoms with Crippen LogP contribution in [0.5, 0.6) is 5.75 Å². The highest BCUT2D eigenvalue weighted by Crippen LogP contribution is 2.24. The Labute approximate surface area is 84.9 Å². The fraction of sp³-hybridized carbons (Fsp3) is 0.417. The van der Waals surface area contributed by atoms with E-state index in [2.05, 4.69) is 0 Å². The van der Waals surface area contributed by atoms with Gasteiger partial charge in [0.25, 0.3) is 0 Å². The molecule has 0 aliphatic heterocycles. The van der Waals surface area contributed by atoms with Crippen molar-refractivity contribution in [1.82, 2.24) is 0 Å². The second-order valence-electron chi connectivity index (χ2n) is 3.37. The Bertz CT molecular complexity index is 354. The topological polar surface area (TPSA) is 26.3 Å². The van der Waals surface area contributed by atoms with Crippen LogP contribution in [0.4, 0.5) is 0 Å². The monoisotopic (exact) mass is 192 g/mol. The van der Waals surface area contributed by atoms with Crippen LogP contribution in [0, 0.1) is 13.8 Å². The second-order valence-corrected chi connectivity index (χ2v) is 3.37. The number of hydrogen-bond donors (Lipinski definition) is 0. The molecule has 0 aliphatic carbocycles. The fourth-order valence-corrected chi connectivity index (χ4v) is 1.68. The molecule has 0 saturated heterocycles. The maximum absolute atomic E-state index is 11.4. The molecule has 0 bridgehead atoms. The zero-order chi connectivity index (χ0) is 10.7. The lowest BCUT2D eigenvalue weighted by Gasteiger charge is -2.12. The maximum atomic E-state index is 11.4. The van der Waals surface area contributed by atoms with E-state index in [4.69, 9.17) is 4.74 Å².